The van der Waals surface area contributed by atoms with E-state index in [1.165, 1.54) is 5.82 Å². The van der Waals surface area contributed by atoms with Crippen LogP contribution in [0.2, 0.25) is 0 Å². The SMILES string of the molecule is CCCCC=C[P+](=O)OCC(F)(F)F. The summed E-state index contributed by atoms with van der Waals surface area (Å²) in [6.07, 6.45) is -0.197. The molecule has 1 unspecified atom stereocenters. The molecule has 0 radical (unpaired) electrons. The van der Waals surface area contributed by atoms with Gasteiger partial charge in [-0.05, 0) is 23.5 Å². The number of hydrogen-bond acceptors (Lipinski definition) is 2. The molecule has 14 heavy (non-hydrogen) atoms. The van der Waals surface area contributed by atoms with Gasteiger partial charge in [0, 0.05) is 0 Å². The van der Waals surface area contributed by atoms with Crippen molar-refractivity contribution in [1.82, 2.24) is 0 Å². The fourth-order valence-corrected chi connectivity index (χ4v) is 1.34. The Hall–Kier alpha value is -0.410. The van der Waals surface area contributed by atoms with Crippen LogP contribution in [-0.4, -0.2) is 12.8 Å². The third-order valence-electron chi connectivity index (χ3n) is 1.31. The summed E-state index contributed by atoms with van der Waals surface area (Å²) in [5, 5.41) is 0. The normalized spacial score (nSPS) is 13.6. The summed E-state index contributed by atoms with van der Waals surface area (Å²) in [7, 11) is -2.31. The smallest absolute Gasteiger partial charge is 0.168 e. The summed E-state index contributed by atoms with van der Waals surface area (Å²) in [6, 6.07) is 0. The molecule has 0 fully saturated rings. The lowest BCUT2D eigenvalue weighted by molar-refractivity contribution is -0.152. The monoisotopic (exact) mass is 229 g/mol. The first-order valence-corrected chi connectivity index (χ1v) is 5.53. The van der Waals surface area contributed by atoms with E-state index in [0.717, 1.165) is 12.8 Å². The number of allylic oxidation sites excluding steroid dienone is 1. The van der Waals surface area contributed by atoms with Crippen LogP contribution in [0.15, 0.2) is 11.9 Å². The van der Waals surface area contributed by atoms with E-state index in [4.69, 9.17) is 0 Å². The third-order valence-corrected chi connectivity index (χ3v) is 2.14. The first-order valence-electron chi connectivity index (χ1n) is 4.28. The van der Waals surface area contributed by atoms with Crippen molar-refractivity contribution in [2.24, 2.45) is 0 Å². The van der Waals surface area contributed by atoms with E-state index in [-0.39, 0.29) is 0 Å². The molecule has 0 amide bonds. The summed E-state index contributed by atoms with van der Waals surface area (Å²) in [5.41, 5.74) is 0. The topological polar surface area (TPSA) is 26.3 Å². The fraction of sp³-hybridized carbons (Fsp3) is 0.750. The summed E-state index contributed by atoms with van der Waals surface area (Å²) < 4.78 is 49.6. The van der Waals surface area contributed by atoms with Crippen molar-refractivity contribution in [3.8, 4) is 0 Å². The molecule has 0 spiro atoms. The van der Waals surface area contributed by atoms with Gasteiger partial charge in [-0.3, -0.25) is 0 Å². The number of unbranched alkanes of at least 4 members (excludes halogenated alkanes) is 2. The molecular formula is C8H13F3O2P+. The van der Waals surface area contributed by atoms with Gasteiger partial charge in [0.05, 0.1) is 0 Å². The van der Waals surface area contributed by atoms with Crippen LogP contribution >= 0.6 is 8.03 Å². The van der Waals surface area contributed by atoms with Crippen molar-refractivity contribution in [2.45, 2.75) is 32.4 Å². The van der Waals surface area contributed by atoms with E-state index < -0.39 is 20.8 Å². The predicted octanol–water partition coefficient (Wildman–Crippen LogP) is 4.01. The summed E-state index contributed by atoms with van der Waals surface area (Å²) >= 11 is 0. The molecule has 0 aromatic rings. The number of rotatable bonds is 6. The highest BCUT2D eigenvalue weighted by atomic mass is 31.1. The van der Waals surface area contributed by atoms with Gasteiger partial charge in [-0.1, -0.05) is 13.3 Å². The second-order valence-electron chi connectivity index (χ2n) is 2.70. The Labute approximate surface area is 82.0 Å². The van der Waals surface area contributed by atoms with Crippen molar-refractivity contribution in [3.63, 3.8) is 0 Å². The molecule has 0 aromatic heterocycles. The Morgan fingerprint density at radius 1 is 1.43 bits per heavy atom. The average molecular weight is 229 g/mol. The van der Waals surface area contributed by atoms with Crippen molar-refractivity contribution in [1.29, 1.82) is 0 Å². The highest BCUT2D eigenvalue weighted by molar-refractivity contribution is 7.42. The minimum absolute atomic E-state index is 0.715. The standard InChI is InChI=1S/C8H13F3O2P/c1-2-3-4-5-6-14(12)13-7-8(9,10)11/h5-6H,2-4,7H2,1H3/q+1. The molecule has 0 aliphatic carbocycles. The summed E-state index contributed by atoms with van der Waals surface area (Å²) in [5.74, 6) is 1.18. The molecule has 6 heteroatoms. The van der Waals surface area contributed by atoms with Gasteiger partial charge in [-0.15, -0.1) is 4.52 Å². The van der Waals surface area contributed by atoms with Crippen LogP contribution in [-0.2, 0) is 9.09 Å². The molecule has 0 N–H and O–H groups in total. The van der Waals surface area contributed by atoms with E-state index in [0.29, 0.717) is 6.42 Å². The Balaban J connectivity index is 3.60. The Morgan fingerprint density at radius 3 is 2.57 bits per heavy atom. The van der Waals surface area contributed by atoms with Crippen LogP contribution in [0.3, 0.4) is 0 Å². The second-order valence-corrected chi connectivity index (χ2v) is 3.83. The van der Waals surface area contributed by atoms with Gasteiger partial charge < -0.3 is 0 Å². The lowest BCUT2D eigenvalue weighted by Crippen LogP contribution is -2.14. The van der Waals surface area contributed by atoms with Gasteiger partial charge in [-0.25, -0.2) is 0 Å². The molecule has 0 saturated heterocycles. The second kappa shape index (κ2) is 6.96. The number of hydrogen-bond donors (Lipinski definition) is 0. The molecule has 0 saturated carbocycles. The highest BCUT2D eigenvalue weighted by Crippen LogP contribution is 2.28. The maximum absolute atomic E-state index is 11.6. The summed E-state index contributed by atoms with van der Waals surface area (Å²) in [6.45, 7) is 0.536. The Kier molecular flexibility index (Phi) is 6.75. The van der Waals surface area contributed by atoms with Crippen molar-refractivity contribution < 1.29 is 22.3 Å². The van der Waals surface area contributed by atoms with Crippen molar-refractivity contribution in [2.75, 3.05) is 6.61 Å². The largest absolute Gasteiger partial charge is 0.540 e. The van der Waals surface area contributed by atoms with Crippen molar-refractivity contribution >= 4 is 8.03 Å². The number of alkyl halides is 3. The van der Waals surface area contributed by atoms with Gasteiger partial charge in [-0.2, -0.15) is 13.2 Å². The lowest BCUT2D eigenvalue weighted by Gasteiger charge is -1.97. The first kappa shape index (κ1) is 13.6. The molecule has 0 aliphatic heterocycles. The molecular weight excluding hydrogens is 216 g/mol. The van der Waals surface area contributed by atoms with Crippen LogP contribution in [0, 0.1) is 0 Å². The molecule has 0 bridgehead atoms. The zero-order valence-corrected chi connectivity index (χ0v) is 8.78. The van der Waals surface area contributed by atoms with Gasteiger partial charge >= 0.3 is 14.2 Å². The van der Waals surface area contributed by atoms with E-state index >= 15 is 0 Å². The molecule has 0 heterocycles. The van der Waals surface area contributed by atoms with E-state index in [1.54, 1.807) is 6.08 Å². The van der Waals surface area contributed by atoms with Gasteiger partial charge in [0.2, 0.25) is 0 Å². The number of halogens is 3. The van der Waals surface area contributed by atoms with Crippen molar-refractivity contribution in [3.05, 3.63) is 11.9 Å². The van der Waals surface area contributed by atoms with E-state index in [9.17, 15) is 17.7 Å². The van der Waals surface area contributed by atoms with E-state index in [1.807, 2.05) is 6.92 Å². The molecule has 0 aromatic carbocycles. The van der Waals surface area contributed by atoms with Gasteiger partial charge in [0.25, 0.3) is 0 Å². The van der Waals surface area contributed by atoms with Gasteiger partial charge in [0.15, 0.2) is 12.4 Å². The van der Waals surface area contributed by atoms with E-state index in [2.05, 4.69) is 4.52 Å². The van der Waals surface area contributed by atoms with Crippen LogP contribution < -0.4 is 0 Å². The zero-order chi connectivity index (χ0) is 11.0. The Bertz CT molecular complexity index is 201. The lowest BCUT2D eigenvalue weighted by atomic mass is 10.2. The minimum Gasteiger partial charge on any atom is -0.168 e. The quantitative estimate of drug-likeness (QED) is 0.508. The minimum atomic E-state index is -4.41. The predicted molar refractivity (Wildman–Crippen MR) is 48.3 cm³/mol. The maximum atomic E-state index is 11.6. The van der Waals surface area contributed by atoms with Gasteiger partial charge in [0.1, 0.15) is 0 Å². The molecule has 2 nitrogen and oxygen atoms in total. The van der Waals surface area contributed by atoms with Crippen LogP contribution in [0.25, 0.3) is 0 Å². The first-order chi connectivity index (χ1) is 6.45. The van der Waals surface area contributed by atoms with Crippen LogP contribution in [0.1, 0.15) is 26.2 Å². The highest BCUT2D eigenvalue weighted by Gasteiger charge is 2.32. The van der Waals surface area contributed by atoms with Crippen LogP contribution in [0.5, 0.6) is 0 Å². The zero-order valence-electron chi connectivity index (χ0n) is 7.88. The molecule has 82 valence electrons. The maximum Gasteiger partial charge on any atom is 0.540 e. The fourth-order valence-electron chi connectivity index (χ4n) is 0.662. The third kappa shape index (κ3) is 9.68. The molecule has 0 aliphatic rings. The average Bonchev–Trinajstić information content (AvgIpc) is 2.08. The summed E-state index contributed by atoms with van der Waals surface area (Å²) in [4.78, 5) is 0. The molecule has 1 atom stereocenters. The van der Waals surface area contributed by atoms with Crippen LogP contribution in [0.4, 0.5) is 13.2 Å². The molecule has 0 rings (SSSR count). The Morgan fingerprint density at radius 2 is 2.07 bits per heavy atom.